The molecule has 0 aliphatic rings. The van der Waals surface area contributed by atoms with E-state index in [1.54, 1.807) is 30.9 Å². The van der Waals surface area contributed by atoms with Crippen molar-refractivity contribution in [1.82, 2.24) is 14.5 Å². The Morgan fingerprint density at radius 1 is 1.17 bits per heavy atom. The van der Waals surface area contributed by atoms with Gasteiger partial charge in [0.15, 0.2) is 0 Å². The number of imidazole rings is 1. The zero-order chi connectivity index (χ0) is 16.9. The number of nitrogens with zero attached hydrogens (tertiary/aromatic N) is 3. The molecule has 0 aliphatic heterocycles. The number of nitrogens with one attached hydrogen (secondary N) is 1. The molecule has 0 radical (unpaired) electrons. The summed E-state index contributed by atoms with van der Waals surface area (Å²) < 4.78 is 26.9. The average molecular weight is 346 g/mol. The Kier molecular flexibility index (Phi) is 4.85. The van der Waals surface area contributed by atoms with E-state index in [4.69, 9.17) is 0 Å². The second-order valence-corrected chi connectivity index (χ2v) is 5.68. The number of amides is 1. The van der Waals surface area contributed by atoms with Crippen molar-refractivity contribution in [2.75, 3.05) is 5.32 Å². The fraction of sp³-hybridized carbons (Fsp3) is 0.0625. The van der Waals surface area contributed by atoms with Crippen LogP contribution in [0.25, 0.3) is 5.69 Å². The summed E-state index contributed by atoms with van der Waals surface area (Å²) in [4.78, 5) is 20.1. The highest BCUT2D eigenvalue weighted by Gasteiger charge is 2.16. The highest BCUT2D eigenvalue weighted by atomic mass is 32.2. The molecule has 3 aromatic rings. The van der Waals surface area contributed by atoms with Crippen LogP contribution in [0.4, 0.5) is 14.5 Å². The van der Waals surface area contributed by atoms with Crippen LogP contribution >= 0.6 is 11.8 Å². The first-order valence-corrected chi connectivity index (χ1v) is 7.81. The van der Waals surface area contributed by atoms with E-state index >= 15 is 0 Å². The van der Waals surface area contributed by atoms with Crippen LogP contribution in [0.3, 0.4) is 0 Å². The van der Waals surface area contributed by atoms with Crippen molar-refractivity contribution in [2.45, 2.75) is 10.8 Å². The zero-order valence-electron chi connectivity index (χ0n) is 12.3. The molecule has 5 nitrogen and oxygen atoms in total. The first-order valence-electron chi connectivity index (χ1n) is 6.93. The summed E-state index contributed by atoms with van der Waals surface area (Å²) in [5.74, 6) is -3.12. The maximum Gasteiger partial charge on any atom is 0.290 e. The molecule has 0 saturated carbocycles. The lowest BCUT2D eigenvalue weighted by atomic mass is 10.2. The lowest BCUT2D eigenvalue weighted by Crippen LogP contribution is -2.14. The summed E-state index contributed by atoms with van der Waals surface area (Å²) in [5, 5.41) is 2.68. The number of carbonyl (C=O) groups excluding carboxylic acids is 1. The van der Waals surface area contributed by atoms with Gasteiger partial charge in [-0.1, -0.05) is 0 Å². The zero-order valence-corrected chi connectivity index (χ0v) is 13.1. The van der Waals surface area contributed by atoms with E-state index in [0.717, 1.165) is 5.69 Å². The molecule has 0 spiro atoms. The Hall–Kier alpha value is -2.74. The molecule has 1 aromatic carbocycles. The van der Waals surface area contributed by atoms with Gasteiger partial charge >= 0.3 is 0 Å². The second kappa shape index (κ2) is 7.22. The number of hydrogen-bond donors (Lipinski definition) is 1. The summed E-state index contributed by atoms with van der Waals surface area (Å²) in [6.45, 7) is 0. The number of rotatable bonds is 5. The van der Waals surface area contributed by atoms with Gasteiger partial charge in [0.2, 0.25) is 0 Å². The topological polar surface area (TPSA) is 59.8 Å². The minimum atomic E-state index is -2.64. The van der Waals surface area contributed by atoms with Crippen LogP contribution in [0.15, 0.2) is 66.3 Å². The monoisotopic (exact) mass is 346 g/mol. The molecular formula is C16H12F2N4OS. The second-order valence-electron chi connectivity index (χ2n) is 4.71. The number of aromatic nitrogens is 3. The number of halogens is 2. The molecule has 24 heavy (non-hydrogen) atoms. The standard InChI is InChI=1S/C16H12F2N4OS/c17-16(18)24-15-13(2-1-7-20-15)14(23)21-11-3-5-12(6-4-11)22-9-8-19-10-22/h1-10,16H,(H,21,23). The Morgan fingerprint density at radius 2 is 1.96 bits per heavy atom. The minimum absolute atomic E-state index is 0.0000330. The quantitative estimate of drug-likeness (QED) is 0.713. The normalized spacial score (nSPS) is 10.8. The van der Waals surface area contributed by atoms with E-state index in [2.05, 4.69) is 15.3 Å². The van der Waals surface area contributed by atoms with E-state index in [1.807, 2.05) is 16.7 Å². The fourth-order valence-electron chi connectivity index (χ4n) is 2.07. The third-order valence-electron chi connectivity index (χ3n) is 3.14. The van der Waals surface area contributed by atoms with Gasteiger partial charge in [0.1, 0.15) is 5.03 Å². The number of benzene rings is 1. The van der Waals surface area contributed by atoms with Crippen molar-refractivity contribution < 1.29 is 13.6 Å². The van der Waals surface area contributed by atoms with Gasteiger partial charge in [-0.2, -0.15) is 8.78 Å². The van der Waals surface area contributed by atoms with Gasteiger partial charge in [-0.25, -0.2) is 9.97 Å². The summed E-state index contributed by atoms with van der Waals surface area (Å²) in [7, 11) is 0. The molecule has 0 bridgehead atoms. The van der Waals surface area contributed by atoms with Gasteiger partial charge in [0.25, 0.3) is 11.7 Å². The lowest BCUT2D eigenvalue weighted by molar-refractivity contribution is 0.102. The number of carbonyl (C=O) groups is 1. The van der Waals surface area contributed by atoms with Crippen molar-refractivity contribution >= 4 is 23.4 Å². The maximum atomic E-state index is 12.6. The molecule has 0 unspecified atom stereocenters. The third kappa shape index (κ3) is 3.77. The number of pyridine rings is 1. The summed E-state index contributed by atoms with van der Waals surface area (Å²) in [6.07, 6.45) is 6.51. The molecular weight excluding hydrogens is 334 g/mol. The first-order chi connectivity index (χ1) is 11.6. The van der Waals surface area contributed by atoms with Crippen LogP contribution in [0.5, 0.6) is 0 Å². The van der Waals surface area contributed by atoms with Gasteiger partial charge in [0, 0.05) is 30.0 Å². The Morgan fingerprint density at radius 3 is 2.62 bits per heavy atom. The van der Waals surface area contributed by atoms with Crippen molar-refractivity contribution in [3.05, 3.63) is 66.9 Å². The fourth-order valence-corrected chi connectivity index (χ4v) is 2.65. The van der Waals surface area contributed by atoms with Crippen LogP contribution < -0.4 is 5.32 Å². The molecule has 0 atom stereocenters. The number of hydrogen-bond acceptors (Lipinski definition) is 4. The molecule has 2 heterocycles. The Labute approximate surface area is 140 Å². The van der Waals surface area contributed by atoms with Gasteiger partial charge in [-0.05, 0) is 48.2 Å². The van der Waals surface area contributed by atoms with Crippen LogP contribution in [0.2, 0.25) is 0 Å². The molecule has 1 amide bonds. The van der Waals surface area contributed by atoms with Crippen molar-refractivity contribution in [2.24, 2.45) is 0 Å². The Bertz CT molecular complexity index is 822. The Balaban J connectivity index is 1.75. The van der Waals surface area contributed by atoms with E-state index in [0.29, 0.717) is 5.69 Å². The van der Waals surface area contributed by atoms with Crippen LogP contribution in [-0.2, 0) is 0 Å². The van der Waals surface area contributed by atoms with Gasteiger partial charge in [-0.15, -0.1) is 0 Å². The van der Waals surface area contributed by atoms with E-state index in [-0.39, 0.29) is 22.4 Å². The van der Waals surface area contributed by atoms with E-state index in [9.17, 15) is 13.6 Å². The van der Waals surface area contributed by atoms with Gasteiger partial charge in [0.05, 0.1) is 11.9 Å². The average Bonchev–Trinajstić information content (AvgIpc) is 3.10. The van der Waals surface area contributed by atoms with E-state index in [1.165, 1.54) is 18.3 Å². The SMILES string of the molecule is O=C(Nc1ccc(-n2ccnc2)cc1)c1cccnc1SC(F)F. The summed E-state index contributed by atoms with van der Waals surface area (Å²) in [5.41, 5.74) is 1.56. The lowest BCUT2D eigenvalue weighted by Gasteiger charge is -2.09. The molecule has 3 rings (SSSR count). The predicted octanol–water partition coefficient (Wildman–Crippen LogP) is 3.83. The molecule has 2 aromatic heterocycles. The van der Waals surface area contributed by atoms with Gasteiger partial charge < -0.3 is 9.88 Å². The predicted molar refractivity (Wildman–Crippen MR) is 87.6 cm³/mol. The van der Waals surface area contributed by atoms with Gasteiger partial charge in [-0.3, -0.25) is 4.79 Å². The molecule has 0 saturated heterocycles. The molecule has 122 valence electrons. The smallest absolute Gasteiger partial charge is 0.290 e. The number of thioether (sulfide) groups is 1. The number of anilines is 1. The maximum absolute atomic E-state index is 12.6. The molecule has 1 N–H and O–H groups in total. The highest BCUT2D eigenvalue weighted by molar-refractivity contribution is 7.99. The number of alkyl halides is 2. The van der Waals surface area contributed by atoms with E-state index < -0.39 is 11.7 Å². The van der Waals surface area contributed by atoms with Crippen molar-refractivity contribution in [1.29, 1.82) is 0 Å². The summed E-state index contributed by atoms with van der Waals surface area (Å²) >= 11 is 0.249. The first kappa shape index (κ1) is 16.1. The third-order valence-corrected chi connectivity index (χ3v) is 3.87. The minimum Gasteiger partial charge on any atom is -0.322 e. The molecule has 0 fully saturated rings. The van der Waals surface area contributed by atoms with Crippen LogP contribution in [0, 0.1) is 0 Å². The molecule has 8 heteroatoms. The largest absolute Gasteiger partial charge is 0.322 e. The highest BCUT2D eigenvalue weighted by Crippen LogP contribution is 2.26. The van der Waals surface area contributed by atoms with Crippen molar-refractivity contribution in [3.63, 3.8) is 0 Å². The van der Waals surface area contributed by atoms with Crippen molar-refractivity contribution in [3.8, 4) is 5.69 Å². The van der Waals surface area contributed by atoms with Crippen LogP contribution in [0.1, 0.15) is 10.4 Å². The summed E-state index contributed by atoms with van der Waals surface area (Å²) in [6, 6.07) is 10.1. The van der Waals surface area contributed by atoms with Crippen LogP contribution in [-0.4, -0.2) is 26.2 Å². The molecule has 0 aliphatic carbocycles.